The minimum atomic E-state index is -0.178. The number of hydrogen-bond donors (Lipinski definition) is 1. The van der Waals surface area contributed by atoms with Gasteiger partial charge in [-0.3, -0.25) is 4.57 Å². The van der Waals surface area contributed by atoms with Crippen molar-refractivity contribution in [3.8, 4) is 11.8 Å². The van der Waals surface area contributed by atoms with Crippen molar-refractivity contribution in [2.24, 2.45) is 0 Å². The summed E-state index contributed by atoms with van der Waals surface area (Å²) < 4.78 is 1.49. The summed E-state index contributed by atoms with van der Waals surface area (Å²) in [6, 6.07) is 0. The third kappa shape index (κ3) is 1.97. The van der Waals surface area contributed by atoms with Gasteiger partial charge in [0.25, 0.3) is 0 Å². The van der Waals surface area contributed by atoms with Gasteiger partial charge in [0, 0.05) is 13.0 Å². The number of aromatic amines is 1. The van der Waals surface area contributed by atoms with Crippen LogP contribution in [0.25, 0.3) is 0 Å². The zero-order chi connectivity index (χ0) is 8.10. The SMILES string of the molecule is CC#CCCn1cn[nH]c1=O. The molecule has 1 aromatic heterocycles. The Morgan fingerprint density at radius 3 is 3.18 bits per heavy atom. The lowest BCUT2D eigenvalue weighted by atomic mass is 10.4. The molecule has 11 heavy (non-hydrogen) atoms. The van der Waals surface area contributed by atoms with Crippen LogP contribution in [0.1, 0.15) is 13.3 Å². The van der Waals surface area contributed by atoms with Gasteiger partial charge in [0.05, 0.1) is 0 Å². The van der Waals surface area contributed by atoms with Crippen molar-refractivity contribution in [2.75, 3.05) is 0 Å². The number of nitrogens with zero attached hydrogens (tertiary/aromatic N) is 2. The molecule has 0 amide bonds. The first kappa shape index (κ1) is 7.61. The number of aryl methyl sites for hydroxylation is 1. The van der Waals surface area contributed by atoms with Gasteiger partial charge >= 0.3 is 5.69 Å². The fourth-order valence-corrected chi connectivity index (χ4v) is 0.731. The molecule has 0 aromatic carbocycles. The standard InChI is InChI=1S/C7H9N3O/c1-2-3-4-5-10-6-8-9-7(10)11/h6H,4-5H2,1H3,(H,9,11). The summed E-state index contributed by atoms with van der Waals surface area (Å²) in [4.78, 5) is 10.8. The van der Waals surface area contributed by atoms with Gasteiger partial charge < -0.3 is 0 Å². The molecule has 0 bridgehead atoms. The predicted octanol–water partition coefficient (Wildman–Crippen LogP) is -0.0152. The van der Waals surface area contributed by atoms with Gasteiger partial charge in [0.15, 0.2) is 0 Å². The molecular formula is C7H9N3O. The molecule has 0 aliphatic heterocycles. The van der Waals surface area contributed by atoms with E-state index in [1.54, 1.807) is 6.92 Å². The maximum atomic E-state index is 10.8. The quantitative estimate of drug-likeness (QED) is 0.604. The van der Waals surface area contributed by atoms with E-state index in [0.717, 1.165) is 0 Å². The summed E-state index contributed by atoms with van der Waals surface area (Å²) in [5.74, 6) is 5.62. The molecule has 0 spiro atoms. The summed E-state index contributed by atoms with van der Waals surface area (Å²) in [7, 11) is 0. The number of aromatic nitrogens is 3. The van der Waals surface area contributed by atoms with Crippen molar-refractivity contribution in [2.45, 2.75) is 19.9 Å². The van der Waals surface area contributed by atoms with Crippen LogP contribution in [0.2, 0.25) is 0 Å². The summed E-state index contributed by atoms with van der Waals surface area (Å²) in [6.45, 7) is 2.38. The Balaban J connectivity index is 2.56. The molecule has 0 fully saturated rings. The Morgan fingerprint density at radius 1 is 1.82 bits per heavy atom. The Kier molecular flexibility index (Phi) is 2.50. The van der Waals surface area contributed by atoms with Gasteiger partial charge in [-0.25, -0.2) is 9.89 Å². The van der Waals surface area contributed by atoms with E-state index in [1.165, 1.54) is 10.9 Å². The predicted molar refractivity (Wildman–Crippen MR) is 40.9 cm³/mol. The second-order valence-corrected chi connectivity index (χ2v) is 2.03. The van der Waals surface area contributed by atoms with Crippen molar-refractivity contribution < 1.29 is 0 Å². The lowest BCUT2D eigenvalue weighted by Crippen LogP contribution is -2.15. The largest absolute Gasteiger partial charge is 0.343 e. The fraction of sp³-hybridized carbons (Fsp3) is 0.429. The highest BCUT2D eigenvalue weighted by molar-refractivity contribution is 4.94. The summed E-state index contributed by atoms with van der Waals surface area (Å²) >= 11 is 0. The summed E-state index contributed by atoms with van der Waals surface area (Å²) in [5, 5.41) is 5.88. The van der Waals surface area contributed by atoms with Crippen LogP contribution in [-0.4, -0.2) is 14.8 Å². The average Bonchev–Trinajstić information content (AvgIpc) is 2.37. The first-order chi connectivity index (χ1) is 5.34. The molecule has 1 aromatic rings. The summed E-state index contributed by atoms with van der Waals surface area (Å²) in [5.41, 5.74) is -0.178. The van der Waals surface area contributed by atoms with Crippen LogP contribution >= 0.6 is 0 Å². The van der Waals surface area contributed by atoms with E-state index in [2.05, 4.69) is 22.0 Å². The van der Waals surface area contributed by atoms with E-state index >= 15 is 0 Å². The maximum Gasteiger partial charge on any atom is 0.343 e. The molecule has 1 N–H and O–H groups in total. The smallest absolute Gasteiger partial charge is 0.281 e. The van der Waals surface area contributed by atoms with Gasteiger partial charge in [-0.1, -0.05) is 0 Å². The molecule has 0 aliphatic rings. The van der Waals surface area contributed by atoms with Gasteiger partial charge in [0.1, 0.15) is 6.33 Å². The van der Waals surface area contributed by atoms with Gasteiger partial charge in [-0.05, 0) is 6.92 Å². The van der Waals surface area contributed by atoms with Crippen molar-refractivity contribution in [3.05, 3.63) is 16.8 Å². The van der Waals surface area contributed by atoms with Crippen LogP contribution < -0.4 is 5.69 Å². The highest BCUT2D eigenvalue weighted by Crippen LogP contribution is 1.81. The minimum Gasteiger partial charge on any atom is -0.281 e. The van der Waals surface area contributed by atoms with Crippen molar-refractivity contribution in [1.82, 2.24) is 14.8 Å². The monoisotopic (exact) mass is 151 g/mol. The van der Waals surface area contributed by atoms with Crippen LogP contribution in [0.5, 0.6) is 0 Å². The number of H-pyrrole nitrogens is 1. The van der Waals surface area contributed by atoms with Crippen LogP contribution in [-0.2, 0) is 6.54 Å². The lowest BCUT2D eigenvalue weighted by Gasteiger charge is -1.91. The van der Waals surface area contributed by atoms with Crippen LogP contribution in [0.4, 0.5) is 0 Å². The summed E-state index contributed by atoms with van der Waals surface area (Å²) in [6.07, 6.45) is 2.16. The van der Waals surface area contributed by atoms with E-state index in [4.69, 9.17) is 0 Å². The molecule has 58 valence electrons. The van der Waals surface area contributed by atoms with E-state index in [-0.39, 0.29) is 5.69 Å². The van der Waals surface area contributed by atoms with Crippen molar-refractivity contribution in [3.63, 3.8) is 0 Å². The molecule has 0 atom stereocenters. The molecule has 0 unspecified atom stereocenters. The molecule has 0 aliphatic carbocycles. The van der Waals surface area contributed by atoms with Crippen LogP contribution in [0.15, 0.2) is 11.1 Å². The van der Waals surface area contributed by atoms with Crippen LogP contribution in [0, 0.1) is 11.8 Å². The maximum absolute atomic E-state index is 10.8. The van der Waals surface area contributed by atoms with E-state index in [9.17, 15) is 4.79 Å². The number of nitrogens with one attached hydrogen (secondary N) is 1. The van der Waals surface area contributed by atoms with Crippen molar-refractivity contribution in [1.29, 1.82) is 0 Å². The first-order valence-electron chi connectivity index (χ1n) is 3.34. The molecule has 0 saturated carbocycles. The molecule has 1 heterocycles. The Bertz CT molecular complexity index is 325. The molecular weight excluding hydrogens is 142 g/mol. The Labute approximate surface area is 64.2 Å². The van der Waals surface area contributed by atoms with Gasteiger partial charge in [-0.15, -0.1) is 11.8 Å². The van der Waals surface area contributed by atoms with E-state index < -0.39 is 0 Å². The molecule has 1 rings (SSSR count). The third-order valence-electron chi connectivity index (χ3n) is 1.27. The topological polar surface area (TPSA) is 50.7 Å². The molecule has 4 heteroatoms. The second-order valence-electron chi connectivity index (χ2n) is 2.03. The van der Waals surface area contributed by atoms with E-state index in [0.29, 0.717) is 13.0 Å². The zero-order valence-corrected chi connectivity index (χ0v) is 6.29. The first-order valence-corrected chi connectivity index (χ1v) is 3.34. The second kappa shape index (κ2) is 3.62. The third-order valence-corrected chi connectivity index (χ3v) is 1.27. The Morgan fingerprint density at radius 2 is 2.64 bits per heavy atom. The minimum absolute atomic E-state index is 0.178. The van der Waals surface area contributed by atoms with Gasteiger partial charge in [0.2, 0.25) is 0 Å². The molecule has 0 radical (unpaired) electrons. The fourth-order valence-electron chi connectivity index (χ4n) is 0.731. The van der Waals surface area contributed by atoms with Crippen molar-refractivity contribution >= 4 is 0 Å². The van der Waals surface area contributed by atoms with E-state index in [1.807, 2.05) is 0 Å². The molecule has 4 nitrogen and oxygen atoms in total. The zero-order valence-electron chi connectivity index (χ0n) is 6.29. The van der Waals surface area contributed by atoms with Gasteiger partial charge in [-0.2, -0.15) is 5.10 Å². The molecule has 0 saturated heterocycles. The highest BCUT2D eigenvalue weighted by atomic mass is 16.1. The highest BCUT2D eigenvalue weighted by Gasteiger charge is 1.92. The lowest BCUT2D eigenvalue weighted by molar-refractivity contribution is 0.691. The number of rotatable bonds is 2. The average molecular weight is 151 g/mol. The Hall–Kier alpha value is -1.50. The normalized spacial score (nSPS) is 8.82. The van der Waals surface area contributed by atoms with Crippen LogP contribution in [0.3, 0.4) is 0 Å². The number of hydrogen-bond acceptors (Lipinski definition) is 2.